The number of hydrogen-bond donors (Lipinski definition) is 1. The molecule has 0 aromatic rings. The molecule has 0 saturated carbocycles. The van der Waals surface area contributed by atoms with Crippen LogP contribution in [0.15, 0.2) is 29.7 Å². The van der Waals surface area contributed by atoms with E-state index in [9.17, 15) is 4.79 Å². The van der Waals surface area contributed by atoms with Crippen molar-refractivity contribution in [2.24, 2.45) is 16.3 Å². The summed E-state index contributed by atoms with van der Waals surface area (Å²) >= 11 is 0. The van der Waals surface area contributed by atoms with Crippen LogP contribution in [0.2, 0.25) is 0 Å². The first-order valence-electron chi connectivity index (χ1n) is 5.19. The number of carbonyl (C=O) groups is 1. The highest BCUT2D eigenvalue weighted by Gasteiger charge is 2.51. The zero-order valence-corrected chi connectivity index (χ0v) is 8.27. The number of nitrogens with zero attached hydrogens (tertiary/aromatic N) is 1. The minimum Gasteiger partial charge on any atom is -0.473 e. The van der Waals surface area contributed by atoms with Gasteiger partial charge >= 0.3 is 0 Å². The molecule has 4 nitrogen and oxygen atoms in total. The van der Waals surface area contributed by atoms with Gasteiger partial charge in [-0.1, -0.05) is 0 Å². The van der Waals surface area contributed by atoms with Gasteiger partial charge in [-0.2, -0.15) is 0 Å². The van der Waals surface area contributed by atoms with Crippen LogP contribution in [-0.2, 0) is 9.53 Å². The van der Waals surface area contributed by atoms with Gasteiger partial charge in [0.05, 0.1) is 12.5 Å². The van der Waals surface area contributed by atoms with E-state index in [2.05, 4.69) is 10.3 Å². The Labute approximate surface area is 87.7 Å². The molecular formula is C11H12N2O2. The summed E-state index contributed by atoms with van der Waals surface area (Å²) in [7, 11) is 0. The Hall–Kier alpha value is -1.58. The molecule has 1 unspecified atom stereocenters. The van der Waals surface area contributed by atoms with Crippen molar-refractivity contribution in [1.29, 1.82) is 0 Å². The summed E-state index contributed by atoms with van der Waals surface area (Å²) in [6.45, 7) is 0.826. The summed E-state index contributed by atoms with van der Waals surface area (Å²) in [4.78, 5) is 16.3. The largest absolute Gasteiger partial charge is 0.473 e. The van der Waals surface area contributed by atoms with Gasteiger partial charge in [0.2, 0.25) is 5.91 Å². The zero-order valence-electron chi connectivity index (χ0n) is 8.27. The van der Waals surface area contributed by atoms with E-state index < -0.39 is 5.41 Å². The van der Waals surface area contributed by atoms with Crippen molar-refractivity contribution >= 4 is 11.7 Å². The maximum Gasteiger partial charge on any atom is 0.240 e. The molecule has 1 amide bonds. The first kappa shape index (κ1) is 8.71. The van der Waals surface area contributed by atoms with E-state index in [1.165, 1.54) is 0 Å². The lowest BCUT2D eigenvalue weighted by Gasteiger charge is -2.28. The average molecular weight is 204 g/mol. The van der Waals surface area contributed by atoms with Crippen molar-refractivity contribution in [3.8, 4) is 0 Å². The first-order chi connectivity index (χ1) is 7.33. The molecule has 4 heteroatoms. The molecule has 0 aromatic heterocycles. The molecule has 1 atom stereocenters. The Kier molecular flexibility index (Phi) is 1.71. The summed E-state index contributed by atoms with van der Waals surface area (Å²) in [6.07, 6.45) is 8.88. The number of nitrogens with one attached hydrogen (secondary N) is 1. The van der Waals surface area contributed by atoms with Gasteiger partial charge in [0.15, 0.2) is 0 Å². The quantitative estimate of drug-likeness (QED) is 0.639. The lowest BCUT2D eigenvalue weighted by molar-refractivity contribution is -0.124. The van der Waals surface area contributed by atoms with E-state index in [0.717, 1.165) is 25.2 Å². The molecule has 3 aliphatic rings. The number of amidine groups is 1. The lowest BCUT2D eigenvalue weighted by Crippen LogP contribution is -2.32. The fourth-order valence-electron chi connectivity index (χ4n) is 2.50. The second-order valence-corrected chi connectivity index (χ2v) is 4.09. The van der Waals surface area contributed by atoms with Crippen molar-refractivity contribution < 1.29 is 9.53 Å². The monoisotopic (exact) mass is 204 g/mol. The molecule has 15 heavy (non-hydrogen) atoms. The molecule has 0 aliphatic carbocycles. The minimum absolute atomic E-state index is 0.0175. The number of fused-ring (bicyclic) bond motifs is 2. The fourth-order valence-corrected chi connectivity index (χ4v) is 2.50. The highest BCUT2D eigenvalue weighted by atomic mass is 16.5. The van der Waals surface area contributed by atoms with Crippen molar-refractivity contribution in [2.75, 3.05) is 6.54 Å². The number of hydrogen-bond acceptors (Lipinski definition) is 3. The lowest BCUT2D eigenvalue weighted by atomic mass is 9.74. The highest BCUT2D eigenvalue weighted by molar-refractivity contribution is 6.12. The van der Waals surface area contributed by atoms with E-state index in [-0.39, 0.29) is 11.8 Å². The van der Waals surface area contributed by atoms with Gasteiger partial charge in [-0.3, -0.25) is 9.79 Å². The molecule has 0 radical (unpaired) electrons. The van der Waals surface area contributed by atoms with Crippen LogP contribution in [0.5, 0.6) is 0 Å². The van der Waals surface area contributed by atoms with Crippen LogP contribution in [0.25, 0.3) is 0 Å². The van der Waals surface area contributed by atoms with Gasteiger partial charge in [0.25, 0.3) is 0 Å². The predicted octanol–water partition coefficient (Wildman–Crippen LogP) is 0.969. The van der Waals surface area contributed by atoms with E-state index in [4.69, 9.17) is 4.74 Å². The van der Waals surface area contributed by atoms with Gasteiger partial charge in [0, 0.05) is 12.5 Å². The molecule has 0 aromatic carbocycles. The number of rotatable bonds is 0. The molecular weight excluding hydrogens is 192 g/mol. The smallest absolute Gasteiger partial charge is 0.240 e. The topological polar surface area (TPSA) is 50.7 Å². The van der Waals surface area contributed by atoms with Crippen LogP contribution in [0.4, 0.5) is 0 Å². The molecule has 3 aliphatic heterocycles. The number of amides is 1. The maximum absolute atomic E-state index is 12.0. The third-order valence-electron chi connectivity index (χ3n) is 3.32. The normalized spacial score (nSPS) is 30.8. The summed E-state index contributed by atoms with van der Waals surface area (Å²) in [5, 5.41) is 2.87. The molecule has 1 fully saturated rings. The van der Waals surface area contributed by atoms with Crippen LogP contribution in [-0.4, -0.2) is 18.3 Å². The highest BCUT2D eigenvalue weighted by Crippen LogP contribution is 2.42. The predicted molar refractivity (Wildman–Crippen MR) is 55.0 cm³/mol. The van der Waals surface area contributed by atoms with Gasteiger partial charge in [-0.05, 0) is 25.0 Å². The molecule has 1 spiro atoms. The van der Waals surface area contributed by atoms with E-state index in [0.29, 0.717) is 0 Å². The van der Waals surface area contributed by atoms with Crippen molar-refractivity contribution in [2.45, 2.75) is 12.8 Å². The summed E-state index contributed by atoms with van der Waals surface area (Å²) < 4.78 is 5.00. The average Bonchev–Trinajstić information content (AvgIpc) is 2.55. The van der Waals surface area contributed by atoms with Crippen molar-refractivity contribution in [3.63, 3.8) is 0 Å². The second kappa shape index (κ2) is 2.95. The molecule has 78 valence electrons. The van der Waals surface area contributed by atoms with Crippen LogP contribution in [0.1, 0.15) is 12.8 Å². The van der Waals surface area contributed by atoms with E-state index in [1.807, 2.05) is 12.2 Å². The van der Waals surface area contributed by atoms with Gasteiger partial charge < -0.3 is 10.1 Å². The SMILES string of the molecule is O=C1NC2=NCCCC2C12C=COC=C2. The van der Waals surface area contributed by atoms with Crippen LogP contribution < -0.4 is 5.32 Å². The summed E-state index contributed by atoms with van der Waals surface area (Å²) in [5.74, 6) is 1.04. The third-order valence-corrected chi connectivity index (χ3v) is 3.32. The van der Waals surface area contributed by atoms with E-state index >= 15 is 0 Å². The fraction of sp³-hybridized carbons (Fsp3) is 0.455. The van der Waals surface area contributed by atoms with Crippen LogP contribution >= 0.6 is 0 Å². The Morgan fingerprint density at radius 2 is 2.27 bits per heavy atom. The number of carbonyl (C=O) groups excluding carboxylic acids is 1. The first-order valence-corrected chi connectivity index (χ1v) is 5.19. The summed E-state index contributed by atoms with van der Waals surface area (Å²) in [5.41, 5.74) is -0.544. The Morgan fingerprint density at radius 3 is 3.07 bits per heavy atom. The summed E-state index contributed by atoms with van der Waals surface area (Å²) in [6, 6.07) is 0. The van der Waals surface area contributed by atoms with Gasteiger partial charge in [0.1, 0.15) is 11.3 Å². The van der Waals surface area contributed by atoms with Gasteiger partial charge in [-0.15, -0.1) is 0 Å². The Morgan fingerprint density at radius 1 is 1.47 bits per heavy atom. The molecule has 0 bridgehead atoms. The third kappa shape index (κ3) is 1.07. The molecule has 1 saturated heterocycles. The standard InChI is InChI=1S/C11H12N2O2/c14-10-11(3-6-15-7-4-11)8-2-1-5-12-9(8)13-10/h3-4,6-8H,1-2,5H2,(H,12,13,14). The number of ether oxygens (including phenoxy) is 1. The van der Waals surface area contributed by atoms with E-state index in [1.54, 1.807) is 12.5 Å². The molecule has 3 rings (SSSR count). The Balaban J connectivity index is 2.07. The minimum atomic E-state index is -0.544. The van der Waals surface area contributed by atoms with Crippen LogP contribution in [0.3, 0.4) is 0 Å². The van der Waals surface area contributed by atoms with Crippen molar-refractivity contribution in [1.82, 2.24) is 5.32 Å². The molecule has 3 heterocycles. The van der Waals surface area contributed by atoms with Gasteiger partial charge in [-0.25, -0.2) is 0 Å². The van der Waals surface area contributed by atoms with Crippen LogP contribution in [0, 0.1) is 11.3 Å². The maximum atomic E-state index is 12.0. The second-order valence-electron chi connectivity index (χ2n) is 4.09. The Bertz CT molecular complexity index is 383. The van der Waals surface area contributed by atoms with Crippen molar-refractivity contribution in [3.05, 3.63) is 24.7 Å². The number of aliphatic imine (C=N–C) groups is 1. The molecule has 1 N–H and O–H groups in total. The zero-order chi connectivity index (χ0) is 10.3.